The van der Waals surface area contributed by atoms with Crippen LogP contribution >= 0.6 is 0 Å². The number of hydrogen-bond acceptors (Lipinski definition) is 2. The Morgan fingerprint density at radius 1 is 1.16 bits per heavy atom. The number of hydrogen-bond donors (Lipinski definition) is 2. The van der Waals surface area contributed by atoms with E-state index in [-0.39, 0.29) is 6.54 Å². The molecule has 1 aliphatic carbocycles. The molecule has 1 unspecified atom stereocenters. The van der Waals surface area contributed by atoms with Crippen LogP contribution in [-0.4, -0.2) is 17.8 Å². The Morgan fingerprint density at radius 2 is 1.74 bits per heavy atom. The summed E-state index contributed by atoms with van der Waals surface area (Å²) in [7, 11) is 0. The van der Waals surface area contributed by atoms with Gasteiger partial charge in [-0.3, -0.25) is 0 Å². The van der Waals surface area contributed by atoms with E-state index in [9.17, 15) is 18.3 Å². The van der Waals surface area contributed by atoms with Crippen molar-refractivity contribution < 1.29 is 18.3 Å². The minimum atomic E-state index is -1.45. The molecule has 1 atom stereocenters. The van der Waals surface area contributed by atoms with E-state index >= 15 is 0 Å². The average Bonchev–Trinajstić information content (AvgIpc) is 2.89. The molecule has 1 aromatic carbocycles. The molecule has 1 saturated carbocycles. The highest BCUT2D eigenvalue weighted by Gasteiger charge is 2.22. The van der Waals surface area contributed by atoms with Gasteiger partial charge in [0.2, 0.25) is 0 Å². The SMILES string of the molecule is OC(CNCc1cc(F)c(F)c(F)c1)C1CCCC1. The normalized spacial score (nSPS) is 17.9. The van der Waals surface area contributed by atoms with E-state index in [1.807, 2.05) is 0 Å². The van der Waals surface area contributed by atoms with Gasteiger partial charge in [-0.15, -0.1) is 0 Å². The van der Waals surface area contributed by atoms with Crippen LogP contribution in [0.25, 0.3) is 0 Å². The summed E-state index contributed by atoms with van der Waals surface area (Å²) in [6.07, 6.45) is 3.93. The van der Waals surface area contributed by atoms with Gasteiger partial charge in [0, 0.05) is 13.1 Å². The lowest BCUT2D eigenvalue weighted by Gasteiger charge is -2.18. The lowest BCUT2D eigenvalue weighted by Crippen LogP contribution is -2.31. The van der Waals surface area contributed by atoms with Gasteiger partial charge in [-0.1, -0.05) is 12.8 Å². The molecule has 5 heteroatoms. The molecule has 19 heavy (non-hydrogen) atoms. The zero-order valence-electron chi connectivity index (χ0n) is 10.6. The largest absolute Gasteiger partial charge is 0.392 e. The fourth-order valence-corrected chi connectivity index (χ4v) is 2.58. The number of nitrogens with one attached hydrogen (secondary N) is 1. The van der Waals surface area contributed by atoms with Crippen molar-refractivity contribution >= 4 is 0 Å². The molecule has 0 amide bonds. The van der Waals surface area contributed by atoms with Crippen LogP contribution < -0.4 is 5.32 Å². The smallest absolute Gasteiger partial charge is 0.194 e. The van der Waals surface area contributed by atoms with Gasteiger partial charge in [0.25, 0.3) is 0 Å². The number of halogens is 3. The van der Waals surface area contributed by atoms with E-state index in [0.29, 0.717) is 18.0 Å². The summed E-state index contributed by atoms with van der Waals surface area (Å²) in [6.45, 7) is 0.586. The van der Waals surface area contributed by atoms with Crippen LogP contribution in [0.3, 0.4) is 0 Å². The first-order chi connectivity index (χ1) is 9.08. The lowest BCUT2D eigenvalue weighted by molar-refractivity contribution is 0.109. The molecule has 0 saturated heterocycles. The van der Waals surface area contributed by atoms with Crippen molar-refractivity contribution in [1.82, 2.24) is 5.32 Å². The first-order valence-electron chi connectivity index (χ1n) is 6.60. The predicted molar refractivity (Wildman–Crippen MR) is 66.0 cm³/mol. The molecule has 1 fully saturated rings. The fourth-order valence-electron chi connectivity index (χ4n) is 2.58. The zero-order valence-corrected chi connectivity index (χ0v) is 10.6. The number of benzene rings is 1. The Morgan fingerprint density at radius 3 is 2.32 bits per heavy atom. The maximum absolute atomic E-state index is 13.0. The molecule has 0 radical (unpaired) electrons. The third-order valence-corrected chi connectivity index (χ3v) is 3.67. The Kier molecular flexibility index (Phi) is 4.82. The topological polar surface area (TPSA) is 32.3 Å². The van der Waals surface area contributed by atoms with Crippen LogP contribution in [0.5, 0.6) is 0 Å². The first kappa shape index (κ1) is 14.3. The van der Waals surface area contributed by atoms with Gasteiger partial charge in [0.15, 0.2) is 17.5 Å². The van der Waals surface area contributed by atoms with Gasteiger partial charge in [-0.2, -0.15) is 0 Å². The third-order valence-electron chi connectivity index (χ3n) is 3.67. The van der Waals surface area contributed by atoms with Crippen molar-refractivity contribution in [2.75, 3.05) is 6.54 Å². The number of aliphatic hydroxyl groups is 1. The lowest BCUT2D eigenvalue weighted by atomic mass is 10.0. The summed E-state index contributed by atoms with van der Waals surface area (Å²) in [6, 6.07) is 1.93. The van der Waals surface area contributed by atoms with E-state index in [1.54, 1.807) is 0 Å². The molecule has 2 nitrogen and oxygen atoms in total. The van der Waals surface area contributed by atoms with Gasteiger partial charge in [0.1, 0.15) is 0 Å². The van der Waals surface area contributed by atoms with E-state index < -0.39 is 23.6 Å². The van der Waals surface area contributed by atoms with E-state index in [0.717, 1.165) is 37.8 Å². The standard InChI is InChI=1S/C14H18F3NO/c15-11-5-9(6-12(16)14(11)17)7-18-8-13(19)10-3-1-2-4-10/h5-6,10,13,18-19H,1-4,7-8H2. The Bertz CT molecular complexity index is 410. The molecule has 106 valence electrons. The van der Waals surface area contributed by atoms with Gasteiger partial charge in [-0.05, 0) is 36.5 Å². The second-order valence-electron chi connectivity index (χ2n) is 5.12. The average molecular weight is 273 g/mol. The maximum Gasteiger partial charge on any atom is 0.194 e. The highest BCUT2D eigenvalue weighted by Crippen LogP contribution is 2.27. The minimum Gasteiger partial charge on any atom is -0.392 e. The van der Waals surface area contributed by atoms with E-state index in [4.69, 9.17) is 0 Å². The number of rotatable bonds is 5. The zero-order chi connectivity index (χ0) is 13.8. The van der Waals surface area contributed by atoms with Crippen LogP contribution in [0.2, 0.25) is 0 Å². The second kappa shape index (κ2) is 6.39. The van der Waals surface area contributed by atoms with Crippen LogP contribution in [0.15, 0.2) is 12.1 Å². The molecular weight excluding hydrogens is 255 g/mol. The van der Waals surface area contributed by atoms with Crippen LogP contribution in [0.1, 0.15) is 31.2 Å². The van der Waals surface area contributed by atoms with Crippen LogP contribution in [-0.2, 0) is 6.54 Å². The summed E-state index contributed by atoms with van der Waals surface area (Å²) in [5, 5.41) is 12.9. The fraction of sp³-hybridized carbons (Fsp3) is 0.571. The van der Waals surface area contributed by atoms with E-state index in [1.165, 1.54) is 0 Å². The molecule has 0 heterocycles. The van der Waals surface area contributed by atoms with Crippen molar-refractivity contribution in [2.45, 2.75) is 38.3 Å². The summed E-state index contributed by atoms with van der Waals surface area (Å²) in [4.78, 5) is 0. The summed E-state index contributed by atoms with van der Waals surface area (Å²) in [5.74, 6) is -3.51. The first-order valence-corrected chi connectivity index (χ1v) is 6.60. The third kappa shape index (κ3) is 3.70. The summed E-state index contributed by atoms with van der Waals surface area (Å²) >= 11 is 0. The highest BCUT2D eigenvalue weighted by molar-refractivity contribution is 5.19. The minimum absolute atomic E-state index is 0.206. The molecule has 1 aromatic rings. The number of aliphatic hydroxyl groups excluding tert-OH is 1. The Balaban J connectivity index is 1.82. The van der Waals surface area contributed by atoms with Crippen LogP contribution in [0, 0.1) is 23.4 Å². The van der Waals surface area contributed by atoms with E-state index in [2.05, 4.69) is 5.32 Å². The Labute approximate surface area is 110 Å². The van der Waals surface area contributed by atoms with Gasteiger partial charge in [-0.25, -0.2) is 13.2 Å². The predicted octanol–water partition coefficient (Wildman–Crippen LogP) is 2.74. The molecule has 2 rings (SSSR count). The highest BCUT2D eigenvalue weighted by atomic mass is 19.2. The summed E-state index contributed by atoms with van der Waals surface area (Å²) < 4.78 is 38.7. The molecular formula is C14H18F3NO. The molecule has 1 aliphatic rings. The monoisotopic (exact) mass is 273 g/mol. The molecule has 0 aliphatic heterocycles. The quantitative estimate of drug-likeness (QED) is 0.809. The van der Waals surface area contributed by atoms with Gasteiger partial charge in [0.05, 0.1) is 6.10 Å². The van der Waals surface area contributed by atoms with Crippen molar-refractivity contribution in [2.24, 2.45) is 5.92 Å². The Hall–Kier alpha value is -1.07. The second-order valence-corrected chi connectivity index (χ2v) is 5.12. The molecule has 0 aromatic heterocycles. The van der Waals surface area contributed by atoms with Crippen molar-refractivity contribution in [3.63, 3.8) is 0 Å². The van der Waals surface area contributed by atoms with Gasteiger partial charge >= 0.3 is 0 Å². The van der Waals surface area contributed by atoms with Crippen LogP contribution in [0.4, 0.5) is 13.2 Å². The van der Waals surface area contributed by atoms with Gasteiger partial charge < -0.3 is 10.4 Å². The van der Waals surface area contributed by atoms with Crippen molar-refractivity contribution in [3.05, 3.63) is 35.1 Å². The van der Waals surface area contributed by atoms with Crippen molar-refractivity contribution in [1.29, 1.82) is 0 Å². The molecule has 2 N–H and O–H groups in total. The molecule has 0 spiro atoms. The molecule has 0 bridgehead atoms. The van der Waals surface area contributed by atoms with Crippen molar-refractivity contribution in [3.8, 4) is 0 Å². The maximum atomic E-state index is 13.0. The summed E-state index contributed by atoms with van der Waals surface area (Å²) in [5.41, 5.74) is 0.329.